The Balaban J connectivity index is 2.35. The van der Waals surface area contributed by atoms with Crippen molar-refractivity contribution in [2.24, 2.45) is 0 Å². The third-order valence-electron chi connectivity index (χ3n) is 2.13. The Morgan fingerprint density at radius 3 is 2.83 bits per heavy atom. The molecule has 0 aliphatic rings. The number of aryl methyl sites for hydroxylation is 1. The first-order valence-electron chi connectivity index (χ1n) is 4.94. The lowest BCUT2D eigenvalue weighted by Crippen LogP contribution is -2.13. The molecule has 1 aromatic heterocycles. The molecule has 1 N–H and O–H groups in total. The highest BCUT2D eigenvalue weighted by Gasteiger charge is 2.09. The summed E-state index contributed by atoms with van der Waals surface area (Å²) in [6.45, 7) is 1.76. The maximum absolute atomic E-state index is 11.4. The van der Waals surface area contributed by atoms with Gasteiger partial charge in [-0.05, 0) is 35.5 Å². The molecule has 0 unspecified atom stereocenters. The fourth-order valence-electron chi connectivity index (χ4n) is 1.38. The fraction of sp³-hybridized carbons (Fsp3) is 0.222. The first-order valence-corrected chi connectivity index (χ1v) is 7.71. The summed E-state index contributed by atoms with van der Waals surface area (Å²) in [5.74, 6) is 0.621. The molecule has 2 aromatic rings. The first-order chi connectivity index (χ1) is 8.52. The molecule has 9 heteroatoms. The SMILES string of the molecule is Cc1nnnn1-c1cccc(NS(=O)(=O)CBr)c1. The second-order valence-corrected chi connectivity index (χ2v) is 6.54. The molecular weight excluding hydrogens is 322 g/mol. The number of sulfonamides is 1. The number of hydrogen-bond acceptors (Lipinski definition) is 5. The Morgan fingerprint density at radius 1 is 1.44 bits per heavy atom. The minimum absolute atomic E-state index is 0.159. The monoisotopic (exact) mass is 331 g/mol. The molecule has 0 aliphatic carbocycles. The van der Waals surface area contributed by atoms with Gasteiger partial charge in [-0.1, -0.05) is 22.0 Å². The predicted molar refractivity (Wildman–Crippen MR) is 70.2 cm³/mol. The molecule has 0 amide bonds. The summed E-state index contributed by atoms with van der Waals surface area (Å²) in [4.78, 5) is 0. The van der Waals surface area contributed by atoms with Gasteiger partial charge in [-0.25, -0.2) is 8.42 Å². The number of benzene rings is 1. The van der Waals surface area contributed by atoms with Crippen LogP contribution in [-0.2, 0) is 10.0 Å². The van der Waals surface area contributed by atoms with E-state index in [0.717, 1.165) is 0 Å². The quantitative estimate of drug-likeness (QED) is 0.846. The Morgan fingerprint density at radius 2 is 2.22 bits per heavy atom. The smallest absolute Gasteiger partial charge is 0.242 e. The van der Waals surface area contributed by atoms with Gasteiger partial charge in [0.2, 0.25) is 10.0 Å². The van der Waals surface area contributed by atoms with E-state index in [2.05, 4.69) is 36.2 Å². The number of tetrazole rings is 1. The van der Waals surface area contributed by atoms with Crippen molar-refractivity contribution in [2.45, 2.75) is 6.92 Å². The first kappa shape index (κ1) is 13.0. The van der Waals surface area contributed by atoms with Gasteiger partial charge in [-0.15, -0.1) is 5.10 Å². The molecule has 0 saturated carbocycles. The van der Waals surface area contributed by atoms with Crippen molar-refractivity contribution in [1.82, 2.24) is 20.2 Å². The number of rotatable bonds is 4. The summed E-state index contributed by atoms with van der Waals surface area (Å²) in [5, 5.41) is 11.1. The summed E-state index contributed by atoms with van der Waals surface area (Å²) < 4.78 is 26.7. The highest BCUT2D eigenvalue weighted by molar-refractivity contribution is 9.10. The molecule has 1 heterocycles. The summed E-state index contributed by atoms with van der Waals surface area (Å²) in [5.41, 5.74) is 1.15. The number of nitrogens with one attached hydrogen (secondary N) is 1. The second-order valence-electron chi connectivity index (χ2n) is 3.51. The Labute approximate surface area is 112 Å². The molecule has 96 valence electrons. The molecule has 0 bridgehead atoms. The van der Waals surface area contributed by atoms with E-state index in [1.807, 2.05) is 0 Å². The van der Waals surface area contributed by atoms with Gasteiger partial charge in [0.15, 0.2) is 5.82 Å². The maximum Gasteiger partial charge on any atom is 0.242 e. The van der Waals surface area contributed by atoms with E-state index in [4.69, 9.17) is 0 Å². The third kappa shape index (κ3) is 2.85. The summed E-state index contributed by atoms with van der Waals surface area (Å²) in [7, 11) is -3.36. The minimum Gasteiger partial charge on any atom is -0.283 e. The zero-order chi connectivity index (χ0) is 13.2. The zero-order valence-corrected chi connectivity index (χ0v) is 11.8. The van der Waals surface area contributed by atoms with E-state index in [-0.39, 0.29) is 4.66 Å². The van der Waals surface area contributed by atoms with Crippen molar-refractivity contribution < 1.29 is 8.42 Å². The largest absolute Gasteiger partial charge is 0.283 e. The number of hydrogen-bond donors (Lipinski definition) is 1. The van der Waals surface area contributed by atoms with Crippen LogP contribution in [-0.4, -0.2) is 33.3 Å². The molecule has 0 aliphatic heterocycles. The lowest BCUT2D eigenvalue weighted by molar-refractivity contribution is 0.606. The van der Waals surface area contributed by atoms with Gasteiger partial charge >= 0.3 is 0 Å². The summed E-state index contributed by atoms with van der Waals surface area (Å²) in [6, 6.07) is 6.82. The average molecular weight is 332 g/mol. The number of nitrogens with zero attached hydrogens (tertiary/aromatic N) is 4. The summed E-state index contributed by atoms with van der Waals surface area (Å²) >= 11 is 2.91. The van der Waals surface area contributed by atoms with Crippen molar-refractivity contribution in [3.05, 3.63) is 30.1 Å². The van der Waals surface area contributed by atoms with Crippen LogP contribution in [0, 0.1) is 6.92 Å². The van der Waals surface area contributed by atoms with Gasteiger partial charge in [-0.3, -0.25) is 4.72 Å². The molecule has 7 nitrogen and oxygen atoms in total. The van der Waals surface area contributed by atoms with Crippen molar-refractivity contribution in [1.29, 1.82) is 0 Å². The molecule has 0 fully saturated rings. The molecule has 0 saturated heterocycles. The number of aromatic nitrogens is 4. The minimum atomic E-state index is -3.36. The maximum atomic E-state index is 11.4. The van der Waals surface area contributed by atoms with Gasteiger partial charge in [0.05, 0.1) is 11.4 Å². The van der Waals surface area contributed by atoms with Crippen LogP contribution in [0.4, 0.5) is 5.69 Å². The van der Waals surface area contributed by atoms with Gasteiger partial charge in [0, 0.05) is 0 Å². The van der Waals surface area contributed by atoms with E-state index in [9.17, 15) is 8.42 Å². The van der Waals surface area contributed by atoms with Crippen LogP contribution in [0.3, 0.4) is 0 Å². The van der Waals surface area contributed by atoms with Gasteiger partial charge in [-0.2, -0.15) is 4.68 Å². The third-order valence-corrected chi connectivity index (χ3v) is 4.78. The molecule has 2 rings (SSSR count). The number of alkyl halides is 1. The van der Waals surface area contributed by atoms with E-state index < -0.39 is 10.0 Å². The highest BCUT2D eigenvalue weighted by atomic mass is 79.9. The molecule has 0 radical (unpaired) electrons. The van der Waals surface area contributed by atoms with Gasteiger partial charge in [0.25, 0.3) is 0 Å². The predicted octanol–water partition coefficient (Wildman–Crippen LogP) is 1.06. The Hall–Kier alpha value is -1.48. The van der Waals surface area contributed by atoms with Crippen LogP contribution >= 0.6 is 15.9 Å². The standard InChI is InChI=1S/C9H10BrN5O2S/c1-7-11-13-14-15(7)9-4-2-3-8(5-9)12-18(16,17)6-10/h2-5,12H,6H2,1H3. The van der Waals surface area contributed by atoms with Crippen molar-refractivity contribution in [3.8, 4) is 5.69 Å². The van der Waals surface area contributed by atoms with E-state index in [0.29, 0.717) is 17.2 Å². The Bertz CT molecular complexity index is 654. The van der Waals surface area contributed by atoms with Crippen LogP contribution < -0.4 is 4.72 Å². The van der Waals surface area contributed by atoms with Crippen LogP contribution in [0.5, 0.6) is 0 Å². The van der Waals surface area contributed by atoms with E-state index >= 15 is 0 Å². The number of anilines is 1. The molecule has 1 aromatic carbocycles. The van der Waals surface area contributed by atoms with E-state index in [1.54, 1.807) is 31.2 Å². The lowest BCUT2D eigenvalue weighted by Gasteiger charge is -2.07. The topological polar surface area (TPSA) is 89.8 Å². The molecule has 0 atom stereocenters. The van der Waals surface area contributed by atoms with Crippen molar-refractivity contribution in [2.75, 3.05) is 9.38 Å². The van der Waals surface area contributed by atoms with E-state index in [1.165, 1.54) is 4.68 Å². The number of halogens is 1. The van der Waals surface area contributed by atoms with Crippen LogP contribution in [0.25, 0.3) is 5.69 Å². The van der Waals surface area contributed by atoms with Crippen LogP contribution in [0.1, 0.15) is 5.82 Å². The lowest BCUT2D eigenvalue weighted by atomic mass is 10.3. The fourth-order valence-corrected chi connectivity index (χ4v) is 2.26. The highest BCUT2D eigenvalue weighted by Crippen LogP contribution is 2.16. The van der Waals surface area contributed by atoms with Crippen molar-refractivity contribution in [3.63, 3.8) is 0 Å². The molecular formula is C9H10BrN5O2S. The zero-order valence-electron chi connectivity index (χ0n) is 9.41. The second kappa shape index (κ2) is 5.02. The molecule has 0 spiro atoms. The molecule has 18 heavy (non-hydrogen) atoms. The van der Waals surface area contributed by atoms with Crippen LogP contribution in [0.15, 0.2) is 24.3 Å². The van der Waals surface area contributed by atoms with Crippen molar-refractivity contribution >= 4 is 31.6 Å². The summed E-state index contributed by atoms with van der Waals surface area (Å²) in [6.07, 6.45) is 0. The van der Waals surface area contributed by atoms with Gasteiger partial charge < -0.3 is 0 Å². The Kier molecular flexibility index (Phi) is 3.62. The normalized spacial score (nSPS) is 11.4. The van der Waals surface area contributed by atoms with Gasteiger partial charge in [0.1, 0.15) is 4.66 Å². The van der Waals surface area contributed by atoms with Crippen LogP contribution in [0.2, 0.25) is 0 Å². The average Bonchev–Trinajstić information content (AvgIpc) is 2.75.